The number of para-hydroxylation sites is 1. The number of ether oxygens (including phenoxy) is 1. The molecule has 1 aliphatic rings. The molecule has 4 rings (SSSR count). The summed E-state index contributed by atoms with van der Waals surface area (Å²) < 4.78 is 5.63. The third kappa shape index (κ3) is 3.40. The number of carbonyl (C=O) groups excluding carboxylic acids is 3. The predicted molar refractivity (Wildman–Crippen MR) is 114 cm³/mol. The van der Waals surface area contributed by atoms with Gasteiger partial charge in [-0.1, -0.05) is 54.5 Å². The van der Waals surface area contributed by atoms with Crippen molar-refractivity contribution in [2.24, 2.45) is 0 Å². The van der Waals surface area contributed by atoms with Gasteiger partial charge in [-0.2, -0.15) is 0 Å². The molecule has 0 aliphatic carbocycles. The van der Waals surface area contributed by atoms with Crippen molar-refractivity contribution in [3.63, 3.8) is 0 Å². The average molecular weight is 396 g/mol. The molecule has 0 radical (unpaired) electrons. The molecule has 6 heteroatoms. The number of carbonyl (C=O) groups is 3. The number of hydrogen-bond acceptors (Lipinski definition) is 4. The number of barbiturate groups is 1. The number of benzene rings is 3. The highest BCUT2D eigenvalue weighted by atomic mass is 16.5. The Hall–Kier alpha value is -4.37. The van der Waals surface area contributed by atoms with Crippen LogP contribution in [-0.4, -0.2) is 24.5 Å². The molecule has 6 nitrogen and oxygen atoms in total. The normalized spacial score (nSPS) is 15.2. The number of hydrogen-bond donors (Lipinski definition) is 1. The molecule has 146 valence electrons. The Morgan fingerprint density at radius 2 is 1.70 bits per heavy atom. The first kappa shape index (κ1) is 19.0. The molecule has 0 spiro atoms. The summed E-state index contributed by atoms with van der Waals surface area (Å²) in [5.41, 5.74) is 0.713. The predicted octanol–water partition coefficient (Wildman–Crippen LogP) is 3.52. The van der Waals surface area contributed by atoms with Gasteiger partial charge >= 0.3 is 6.03 Å². The monoisotopic (exact) mass is 396 g/mol. The quantitative estimate of drug-likeness (QED) is 0.416. The number of fused-ring (bicyclic) bond motifs is 1. The lowest BCUT2D eigenvalue weighted by Gasteiger charge is -2.26. The van der Waals surface area contributed by atoms with Crippen molar-refractivity contribution >= 4 is 40.4 Å². The third-order valence-corrected chi connectivity index (χ3v) is 4.65. The van der Waals surface area contributed by atoms with Crippen LogP contribution in [0.4, 0.5) is 10.5 Å². The summed E-state index contributed by atoms with van der Waals surface area (Å²) in [6.07, 6.45) is 6.75. The Balaban J connectivity index is 1.86. The molecule has 1 fully saturated rings. The lowest BCUT2D eigenvalue weighted by molar-refractivity contribution is -0.122. The summed E-state index contributed by atoms with van der Waals surface area (Å²) in [6.45, 7) is 0.0310. The molecule has 0 unspecified atom stereocenters. The zero-order chi connectivity index (χ0) is 21.1. The molecule has 4 amide bonds. The summed E-state index contributed by atoms with van der Waals surface area (Å²) in [6, 6.07) is 18.7. The minimum Gasteiger partial charge on any atom is -0.480 e. The van der Waals surface area contributed by atoms with Gasteiger partial charge in [-0.25, -0.2) is 9.69 Å². The molecule has 3 aromatic rings. The Kier molecular flexibility index (Phi) is 5.02. The molecule has 0 aromatic heterocycles. The summed E-state index contributed by atoms with van der Waals surface area (Å²) in [4.78, 5) is 38.9. The fourth-order valence-electron chi connectivity index (χ4n) is 3.28. The molecule has 1 saturated heterocycles. The van der Waals surface area contributed by atoms with Crippen LogP contribution in [0.25, 0.3) is 16.8 Å². The minimum atomic E-state index is -0.796. The van der Waals surface area contributed by atoms with Crippen LogP contribution >= 0.6 is 0 Å². The van der Waals surface area contributed by atoms with E-state index in [2.05, 4.69) is 11.2 Å². The topological polar surface area (TPSA) is 75.7 Å². The highest BCUT2D eigenvalue weighted by Crippen LogP contribution is 2.31. The van der Waals surface area contributed by atoms with Crippen molar-refractivity contribution in [1.82, 2.24) is 5.32 Å². The van der Waals surface area contributed by atoms with Crippen molar-refractivity contribution in [1.29, 1.82) is 0 Å². The van der Waals surface area contributed by atoms with E-state index in [1.165, 1.54) is 6.08 Å². The lowest BCUT2D eigenvalue weighted by atomic mass is 9.99. The van der Waals surface area contributed by atoms with Crippen molar-refractivity contribution in [2.75, 3.05) is 11.5 Å². The fourth-order valence-corrected chi connectivity index (χ4v) is 3.28. The Morgan fingerprint density at radius 3 is 2.47 bits per heavy atom. The molecular formula is C24H16N2O4. The van der Waals surface area contributed by atoms with E-state index in [-0.39, 0.29) is 12.2 Å². The first-order chi connectivity index (χ1) is 14.6. The van der Waals surface area contributed by atoms with Gasteiger partial charge in [0.2, 0.25) is 0 Å². The zero-order valence-electron chi connectivity index (χ0n) is 15.8. The van der Waals surface area contributed by atoms with E-state index < -0.39 is 17.8 Å². The molecular weight excluding hydrogens is 380 g/mol. The van der Waals surface area contributed by atoms with Gasteiger partial charge in [-0.3, -0.25) is 14.9 Å². The van der Waals surface area contributed by atoms with Crippen LogP contribution in [0, 0.1) is 12.3 Å². The number of rotatable bonds is 4. The number of anilines is 1. The van der Waals surface area contributed by atoms with Gasteiger partial charge in [0.25, 0.3) is 11.8 Å². The van der Waals surface area contributed by atoms with E-state index >= 15 is 0 Å². The lowest BCUT2D eigenvalue weighted by Crippen LogP contribution is -2.54. The molecule has 30 heavy (non-hydrogen) atoms. The van der Waals surface area contributed by atoms with Gasteiger partial charge in [-0.15, -0.1) is 6.42 Å². The number of imide groups is 2. The second-order valence-corrected chi connectivity index (χ2v) is 6.48. The van der Waals surface area contributed by atoms with Crippen LogP contribution in [0.5, 0.6) is 5.75 Å². The third-order valence-electron chi connectivity index (χ3n) is 4.65. The molecule has 3 aromatic carbocycles. The SMILES string of the molecule is C#CCOc1ccc2ccccc2c1/C=C1\C(=O)NC(=O)N(c2ccccc2)C1=O. The molecule has 0 bridgehead atoms. The van der Waals surface area contributed by atoms with Crippen LogP contribution in [0.2, 0.25) is 0 Å². The van der Waals surface area contributed by atoms with Crippen molar-refractivity contribution < 1.29 is 19.1 Å². The van der Waals surface area contributed by atoms with E-state index in [1.807, 2.05) is 30.3 Å². The van der Waals surface area contributed by atoms with E-state index in [0.717, 1.165) is 15.7 Å². The van der Waals surface area contributed by atoms with E-state index in [4.69, 9.17) is 11.2 Å². The number of terminal acetylenes is 1. The maximum atomic E-state index is 13.1. The van der Waals surface area contributed by atoms with Gasteiger partial charge in [0.05, 0.1) is 5.69 Å². The number of urea groups is 1. The van der Waals surface area contributed by atoms with Crippen molar-refractivity contribution in [3.05, 3.63) is 77.9 Å². The summed E-state index contributed by atoms with van der Waals surface area (Å²) in [7, 11) is 0. The second-order valence-electron chi connectivity index (χ2n) is 6.48. The zero-order valence-corrected chi connectivity index (χ0v) is 15.8. The van der Waals surface area contributed by atoms with Crippen LogP contribution in [0.3, 0.4) is 0 Å². The van der Waals surface area contributed by atoms with E-state index in [9.17, 15) is 14.4 Å². The van der Waals surface area contributed by atoms with Crippen molar-refractivity contribution in [3.8, 4) is 18.1 Å². The smallest absolute Gasteiger partial charge is 0.335 e. The van der Waals surface area contributed by atoms with Gasteiger partial charge in [0, 0.05) is 5.56 Å². The first-order valence-electron chi connectivity index (χ1n) is 9.14. The number of nitrogens with one attached hydrogen (secondary N) is 1. The summed E-state index contributed by atoms with van der Waals surface area (Å²) >= 11 is 0. The van der Waals surface area contributed by atoms with Gasteiger partial charge in [0.1, 0.15) is 17.9 Å². The van der Waals surface area contributed by atoms with Crippen LogP contribution in [-0.2, 0) is 9.59 Å². The average Bonchev–Trinajstić information content (AvgIpc) is 2.76. The van der Waals surface area contributed by atoms with E-state index in [0.29, 0.717) is 17.0 Å². The van der Waals surface area contributed by atoms with Gasteiger partial charge < -0.3 is 4.74 Å². The Morgan fingerprint density at radius 1 is 0.967 bits per heavy atom. The van der Waals surface area contributed by atoms with Gasteiger partial charge in [0.15, 0.2) is 0 Å². The first-order valence-corrected chi connectivity index (χ1v) is 9.14. The Bertz CT molecular complexity index is 1240. The maximum absolute atomic E-state index is 13.1. The number of nitrogens with zero attached hydrogens (tertiary/aromatic N) is 1. The fraction of sp³-hybridized carbons (Fsp3) is 0.0417. The summed E-state index contributed by atoms with van der Waals surface area (Å²) in [5.74, 6) is 1.35. The van der Waals surface area contributed by atoms with Gasteiger partial charge in [-0.05, 0) is 35.0 Å². The standard InChI is InChI=1S/C24H16N2O4/c1-2-14-30-21-13-12-16-8-6-7-11-18(16)19(21)15-20-22(27)25-24(29)26(23(20)28)17-9-4-3-5-10-17/h1,3-13,15H,14H2,(H,25,27,29)/b20-15+. The molecule has 1 aliphatic heterocycles. The largest absolute Gasteiger partial charge is 0.480 e. The maximum Gasteiger partial charge on any atom is 0.335 e. The second kappa shape index (κ2) is 7.94. The highest BCUT2D eigenvalue weighted by Gasteiger charge is 2.37. The minimum absolute atomic E-state index is 0.0310. The van der Waals surface area contributed by atoms with Crippen LogP contribution in [0.1, 0.15) is 5.56 Å². The molecule has 1 heterocycles. The molecule has 0 atom stereocenters. The van der Waals surface area contributed by atoms with Crippen LogP contribution < -0.4 is 15.0 Å². The molecule has 0 saturated carbocycles. The summed E-state index contributed by atoms with van der Waals surface area (Å²) in [5, 5.41) is 3.91. The van der Waals surface area contributed by atoms with Crippen molar-refractivity contribution in [2.45, 2.75) is 0 Å². The van der Waals surface area contributed by atoms with E-state index in [1.54, 1.807) is 36.4 Å². The number of amides is 4. The Labute approximate surface area is 172 Å². The van der Waals surface area contributed by atoms with Crippen LogP contribution in [0.15, 0.2) is 72.3 Å². The highest BCUT2D eigenvalue weighted by molar-refractivity contribution is 6.39. The molecule has 1 N–H and O–H groups in total.